The Morgan fingerprint density at radius 3 is 2.41 bits per heavy atom. The first-order chi connectivity index (χ1) is 10.6. The summed E-state index contributed by atoms with van der Waals surface area (Å²) in [6.45, 7) is 8.32. The Kier molecular flexibility index (Phi) is 8.36. The van der Waals surface area contributed by atoms with Crippen LogP contribution in [-0.4, -0.2) is 45.9 Å². The second kappa shape index (κ2) is 10.1. The van der Waals surface area contributed by atoms with Crippen LogP contribution in [-0.2, 0) is 4.74 Å². The molecule has 0 amide bonds. The predicted octanol–water partition coefficient (Wildman–Crippen LogP) is 2.39. The highest BCUT2D eigenvalue weighted by molar-refractivity contribution is 5.79. The fourth-order valence-corrected chi connectivity index (χ4v) is 2.01. The molecule has 1 unspecified atom stereocenters. The molecule has 0 saturated heterocycles. The highest BCUT2D eigenvalue weighted by Gasteiger charge is 2.04. The van der Waals surface area contributed by atoms with Crippen molar-refractivity contribution in [2.45, 2.75) is 32.7 Å². The van der Waals surface area contributed by atoms with Crippen molar-refractivity contribution in [1.82, 2.24) is 10.6 Å². The molecule has 0 fully saturated rings. The third-order valence-corrected chi connectivity index (χ3v) is 3.23. The van der Waals surface area contributed by atoms with Crippen LogP contribution >= 0.6 is 0 Å². The van der Waals surface area contributed by atoms with E-state index in [9.17, 15) is 0 Å². The minimum Gasteiger partial charge on any atom is -0.492 e. The molecule has 0 aliphatic rings. The van der Waals surface area contributed by atoms with Crippen molar-refractivity contribution < 1.29 is 9.47 Å². The van der Waals surface area contributed by atoms with Gasteiger partial charge in [-0.25, -0.2) is 0 Å². The summed E-state index contributed by atoms with van der Waals surface area (Å²) in [5.74, 6) is 2.18. The predicted molar refractivity (Wildman–Crippen MR) is 91.9 cm³/mol. The number of benzene rings is 1. The second-order valence-corrected chi connectivity index (χ2v) is 5.57. The fourth-order valence-electron chi connectivity index (χ4n) is 2.01. The maximum atomic E-state index is 5.72. The third kappa shape index (κ3) is 6.80. The zero-order valence-corrected chi connectivity index (χ0v) is 14.3. The van der Waals surface area contributed by atoms with Gasteiger partial charge in [0.25, 0.3) is 0 Å². The summed E-state index contributed by atoms with van der Waals surface area (Å²) in [6, 6.07) is 8.47. The van der Waals surface area contributed by atoms with Crippen molar-refractivity contribution in [1.29, 1.82) is 0 Å². The molecule has 0 radical (unpaired) electrons. The number of rotatable bonds is 8. The van der Waals surface area contributed by atoms with Crippen LogP contribution in [0.2, 0.25) is 0 Å². The normalized spacial score (nSPS) is 13.1. The number of aliphatic imine (C=N–C) groups is 1. The van der Waals surface area contributed by atoms with E-state index in [1.807, 2.05) is 19.1 Å². The minimum atomic E-state index is 0.209. The number of nitrogens with one attached hydrogen (secondary N) is 2. The highest BCUT2D eigenvalue weighted by Crippen LogP contribution is 2.18. The van der Waals surface area contributed by atoms with E-state index in [-0.39, 0.29) is 6.04 Å². The number of guanidine groups is 1. The van der Waals surface area contributed by atoms with Crippen LogP contribution < -0.4 is 15.4 Å². The summed E-state index contributed by atoms with van der Waals surface area (Å²) in [7, 11) is 3.44. The monoisotopic (exact) mass is 307 g/mol. The van der Waals surface area contributed by atoms with E-state index in [1.165, 1.54) is 5.56 Å². The Bertz CT molecular complexity index is 444. The molecule has 0 bridgehead atoms. The molecule has 22 heavy (non-hydrogen) atoms. The topological polar surface area (TPSA) is 54.9 Å². The van der Waals surface area contributed by atoms with Gasteiger partial charge in [0.2, 0.25) is 0 Å². The number of nitrogens with zero attached hydrogens (tertiary/aromatic N) is 1. The lowest BCUT2D eigenvalue weighted by molar-refractivity contribution is 0.179. The second-order valence-electron chi connectivity index (χ2n) is 5.57. The van der Waals surface area contributed by atoms with E-state index in [0.29, 0.717) is 25.7 Å². The number of hydrogen-bond acceptors (Lipinski definition) is 3. The van der Waals surface area contributed by atoms with E-state index < -0.39 is 0 Å². The molecule has 1 atom stereocenters. The molecule has 0 saturated carbocycles. The van der Waals surface area contributed by atoms with Crippen molar-refractivity contribution in [3.63, 3.8) is 0 Å². The molecular weight excluding hydrogens is 278 g/mol. The molecule has 0 heterocycles. The molecule has 2 N–H and O–H groups in total. The molecule has 0 aromatic heterocycles. The summed E-state index contributed by atoms with van der Waals surface area (Å²) in [6.07, 6.45) is 0. The van der Waals surface area contributed by atoms with Crippen molar-refractivity contribution in [2.24, 2.45) is 4.99 Å². The van der Waals surface area contributed by atoms with Gasteiger partial charge in [-0.15, -0.1) is 0 Å². The van der Waals surface area contributed by atoms with Crippen molar-refractivity contribution >= 4 is 5.96 Å². The number of methoxy groups -OCH3 is 1. The summed E-state index contributed by atoms with van der Waals surface area (Å²) in [4.78, 5) is 4.17. The summed E-state index contributed by atoms with van der Waals surface area (Å²) in [5, 5.41) is 6.46. The standard InChI is InChI=1S/C17H29N3O2/c1-13(2)15-6-8-16(9-7-15)22-11-10-19-17(18-4)20-14(3)12-21-5/h6-9,13-14H,10-12H2,1-5H3,(H2,18,19,20). The minimum absolute atomic E-state index is 0.209. The van der Waals surface area contributed by atoms with Crippen LogP contribution in [0.4, 0.5) is 0 Å². The number of hydrogen-bond donors (Lipinski definition) is 2. The van der Waals surface area contributed by atoms with Crippen LogP contribution in [0.3, 0.4) is 0 Å². The van der Waals surface area contributed by atoms with Gasteiger partial charge in [-0.1, -0.05) is 26.0 Å². The Hall–Kier alpha value is -1.75. The molecule has 0 aliphatic heterocycles. The Morgan fingerprint density at radius 1 is 1.18 bits per heavy atom. The third-order valence-electron chi connectivity index (χ3n) is 3.23. The van der Waals surface area contributed by atoms with Crippen LogP contribution in [0, 0.1) is 0 Å². The van der Waals surface area contributed by atoms with Gasteiger partial charge in [-0.3, -0.25) is 4.99 Å². The van der Waals surface area contributed by atoms with Crippen molar-refractivity contribution in [3.05, 3.63) is 29.8 Å². The maximum absolute atomic E-state index is 5.72. The van der Waals surface area contributed by atoms with Gasteiger partial charge in [-0.2, -0.15) is 0 Å². The van der Waals surface area contributed by atoms with Gasteiger partial charge in [-0.05, 0) is 30.5 Å². The molecule has 0 spiro atoms. The molecule has 124 valence electrons. The van der Waals surface area contributed by atoms with Crippen LogP contribution in [0.5, 0.6) is 5.75 Å². The first kappa shape index (κ1) is 18.3. The maximum Gasteiger partial charge on any atom is 0.191 e. The van der Waals surface area contributed by atoms with Crippen molar-refractivity contribution in [2.75, 3.05) is 33.9 Å². The Labute approximate surface area is 134 Å². The van der Waals surface area contributed by atoms with Gasteiger partial charge in [0.05, 0.1) is 13.2 Å². The van der Waals surface area contributed by atoms with Crippen LogP contribution in [0.1, 0.15) is 32.3 Å². The largest absolute Gasteiger partial charge is 0.492 e. The van der Waals surface area contributed by atoms with E-state index >= 15 is 0 Å². The van der Waals surface area contributed by atoms with Crippen molar-refractivity contribution in [3.8, 4) is 5.75 Å². The molecule has 5 nitrogen and oxygen atoms in total. The first-order valence-electron chi connectivity index (χ1n) is 7.75. The SMILES string of the molecule is CN=C(NCCOc1ccc(C(C)C)cc1)NC(C)COC. The summed E-state index contributed by atoms with van der Waals surface area (Å²) >= 11 is 0. The van der Waals surface area contributed by atoms with Gasteiger partial charge >= 0.3 is 0 Å². The molecule has 1 rings (SSSR count). The van der Waals surface area contributed by atoms with E-state index in [1.54, 1.807) is 14.2 Å². The van der Waals surface area contributed by atoms with E-state index in [4.69, 9.17) is 9.47 Å². The van der Waals surface area contributed by atoms with Gasteiger partial charge in [0.15, 0.2) is 5.96 Å². The highest BCUT2D eigenvalue weighted by atomic mass is 16.5. The summed E-state index contributed by atoms with van der Waals surface area (Å²) in [5.41, 5.74) is 1.32. The van der Waals surface area contributed by atoms with Crippen LogP contribution in [0.15, 0.2) is 29.3 Å². The quantitative estimate of drug-likeness (QED) is 0.440. The zero-order chi connectivity index (χ0) is 16.4. The molecule has 1 aromatic carbocycles. The van der Waals surface area contributed by atoms with E-state index in [2.05, 4.69) is 41.6 Å². The lowest BCUT2D eigenvalue weighted by Gasteiger charge is -2.17. The van der Waals surface area contributed by atoms with Crippen LogP contribution in [0.25, 0.3) is 0 Å². The van der Waals surface area contributed by atoms with Gasteiger partial charge in [0.1, 0.15) is 12.4 Å². The lowest BCUT2D eigenvalue weighted by atomic mass is 10.0. The fraction of sp³-hybridized carbons (Fsp3) is 0.588. The average Bonchev–Trinajstić information content (AvgIpc) is 2.51. The van der Waals surface area contributed by atoms with E-state index in [0.717, 1.165) is 11.7 Å². The molecular formula is C17H29N3O2. The molecule has 0 aliphatic carbocycles. The zero-order valence-electron chi connectivity index (χ0n) is 14.3. The molecule has 5 heteroatoms. The van der Waals surface area contributed by atoms with Gasteiger partial charge < -0.3 is 20.1 Å². The first-order valence-corrected chi connectivity index (χ1v) is 7.75. The average molecular weight is 307 g/mol. The molecule has 1 aromatic rings. The Morgan fingerprint density at radius 2 is 1.86 bits per heavy atom. The van der Waals surface area contributed by atoms with Gasteiger partial charge in [0, 0.05) is 20.2 Å². The Balaban J connectivity index is 2.28. The summed E-state index contributed by atoms with van der Waals surface area (Å²) < 4.78 is 10.8. The lowest BCUT2D eigenvalue weighted by Crippen LogP contribution is -2.45. The number of ether oxygens (including phenoxy) is 2. The smallest absolute Gasteiger partial charge is 0.191 e.